The number of ether oxygens (including phenoxy) is 1. The number of anilines is 1. The Morgan fingerprint density at radius 1 is 1.05 bits per heavy atom. The summed E-state index contributed by atoms with van der Waals surface area (Å²) >= 11 is 0. The standard InChI is InChI=1S/C18H22N2O2/c1-14(2)20-18(21)12-19-16-8-10-17(11-9-16)22-13-15-6-4-3-5-7-15/h3-11,14,19H,12-13H2,1-2H3,(H,20,21). The maximum absolute atomic E-state index is 11.6. The van der Waals surface area contributed by atoms with Gasteiger partial charge in [-0.15, -0.1) is 0 Å². The lowest BCUT2D eigenvalue weighted by molar-refractivity contribution is -0.119. The second kappa shape index (κ2) is 8.08. The fraction of sp³-hybridized carbons (Fsp3) is 0.278. The lowest BCUT2D eigenvalue weighted by Gasteiger charge is -2.11. The van der Waals surface area contributed by atoms with Crippen LogP contribution in [0.2, 0.25) is 0 Å². The first-order valence-corrected chi connectivity index (χ1v) is 7.43. The summed E-state index contributed by atoms with van der Waals surface area (Å²) in [5.74, 6) is 0.792. The van der Waals surface area contributed by atoms with Gasteiger partial charge in [0.15, 0.2) is 0 Å². The first-order chi connectivity index (χ1) is 10.6. The highest BCUT2D eigenvalue weighted by atomic mass is 16.5. The Kier molecular flexibility index (Phi) is 5.83. The summed E-state index contributed by atoms with van der Waals surface area (Å²) in [7, 11) is 0. The number of nitrogens with one attached hydrogen (secondary N) is 2. The largest absolute Gasteiger partial charge is 0.489 e. The van der Waals surface area contributed by atoms with Crippen molar-refractivity contribution in [1.29, 1.82) is 0 Å². The van der Waals surface area contributed by atoms with Crippen molar-refractivity contribution in [3.05, 3.63) is 60.2 Å². The van der Waals surface area contributed by atoms with Crippen LogP contribution in [0.3, 0.4) is 0 Å². The van der Waals surface area contributed by atoms with Crippen molar-refractivity contribution in [3.8, 4) is 5.75 Å². The Morgan fingerprint density at radius 3 is 2.36 bits per heavy atom. The molecule has 2 N–H and O–H groups in total. The van der Waals surface area contributed by atoms with Gasteiger partial charge in [0.1, 0.15) is 12.4 Å². The maximum Gasteiger partial charge on any atom is 0.239 e. The number of hydrogen-bond donors (Lipinski definition) is 2. The van der Waals surface area contributed by atoms with Gasteiger partial charge >= 0.3 is 0 Å². The zero-order chi connectivity index (χ0) is 15.8. The first-order valence-electron chi connectivity index (χ1n) is 7.43. The third-order valence-corrected chi connectivity index (χ3v) is 3.01. The van der Waals surface area contributed by atoms with E-state index in [0.29, 0.717) is 6.61 Å². The minimum absolute atomic E-state index is 0.0144. The summed E-state index contributed by atoms with van der Waals surface area (Å²) in [6.07, 6.45) is 0. The molecule has 1 amide bonds. The number of carbonyl (C=O) groups is 1. The van der Waals surface area contributed by atoms with Crippen molar-refractivity contribution < 1.29 is 9.53 Å². The van der Waals surface area contributed by atoms with Crippen molar-refractivity contribution in [2.24, 2.45) is 0 Å². The van der Waals surface area contributed by atoms with Gasteiger partial charge in [0.05, 0.1) is 6.54 Å². The Bertz CT molecular complexity index is 580. The van der Waals surface area contributed by atoms with Crippen LogP contribution in [0.4, 0.5) is 5.69 Å². The highest BCUT2D eigenvalue weighted by molar-refractivity contribution is 5.80. The van der Waals surface area contributed by atoms with E-state index in [-0.39, 0.29) is 18.5 Å². The zero-order valence-corrected chi connectivity index (χ0v) is 13.0. The SMILES string of the molecule is CC(C)NC(=O)CNc1ccc(OCc2ccccc2)cc1. The van der Waals surface area contributed by atoms with Gasteiger partial charge in [0, 0.05) is 11.7 Å². The van der Waals surface area contributed by atoms with E-state index < -0.39 is 0 Å². The van der Waals surface area contributed by atoms with E-state index in [1.165, 1.54) is 0 Å². The second-order valence-electron chi connectivity index (χ2n) is 5.37. The summed E-state index contributed by atoms with van der Waals surface area (Å²) in [5.41, 5.74) is 2.03. The molecule has 116 valence electrons. The highest BCUT2D eigenvalue weighted by Crippen LogP contribution is 2.16. The molecule has 0 aliphatic rings. The van der Waals surface area contributed by atoms with E-state index in [1.807, 2.05) is 68.4 Å². The van der Waals surface area contributed by atoms with Crippen molar-refractivity contribution in [3.63, 3.8) is 0 Å². The summed E-state index contributed by atoms with van der Waals surface area (Å²) in [5, 5.41) is 5.92. The van der Waals surface area contributed by atoms with Crippen LogP contribution in [0.15, 0.2) is 54.6 Å². The molecule has 0 aliphatic carbocycles. The molecule has 2 aromatic rings. The predicted octanol–water partition coefficient (Wildman–Crippen LogP) is 3.20. The fourth-order valence-electron chi connectivity index (χ4n) is 1.97. The molecule has 0 aromatic heterocycles. The average molecular weight is 298 g/mol. The number of benzene rings is 2. The van der Waals surface area contributed by atoms with E-state index >= 15 is 0 Å². The summed E-state index contributed by atoms with van der Waals surface area (Å²) in [6, 6.07) is 17.8. The molecule has 0 saturated heterocycles. The minimum atomic E-state index is -0.0144. The van der Waals surface area contributed by atoms with Crippen LogP contribution in [0.5, 0.6) is 5.75 Å². The van der Waals surface area contributed by atoms with Crippen molar-refractivity contribution >= 4 is 11.6 Å². The van der Waals surface area contributed by atoms with Gasteiger partial charge in [0.25, 0.3) is 0 Å². The van der Waals surface area contributed by atoms with Crippen LogP contribution < -0.4 is 15.4 Å². The van der Waals surface area contributed by atoms with Gasteiger partial charge in [0.2, 0.25) is 5.91 Å². The minimum Gasteiger partial charge on any atom is -0.489 e. The van der Waals surface area contributed by atoms with Gasteiger partial charge in [-0.1, -0.05) is 30.3 Å². The Hall–Kier alpha value is -2.49. The lowest BCUT2D eigenvalue weighted by atomic mass is 10.2. The van der Waals surface area contributed by atoms with Gasteiger partial charge in [-0.05, 0) is 43.7 Å². The molecule has 0 fully saturated rings. The van der Waals surface area contributed by atoms with E-state index in [9.17, 15) is 4.79 Å². The summed E-state index contributed by atoms with van der Waals surface area (Å²) < 4.78 is 5.72. The quantitative estimate of drug-likeness (QED) is 0.825. The zero-order valence-electron chi connectivity index (χ0n) is 13.0. The number of hydrogen-bond acceptors (Lipinski definition) is 3. The van der Waals surface area contributed by atoms with Crippen LogP contribution in [0.25, 0.3) is 0 Å². The number of amides is 1. The highest BCUT2D eigenvalue weighted by Gasteiger charge is 2.03. The van der Waals surface area contributed by atoms with Crippen molar-refractivity contribution in [2.45, 2.75) is 26.5 Å². The molecule has 0 aliphatic heterocycles. The lowest BCUT2D eigenvalue weighted by Crippen LogP contribution is -2.34. The van der Waals surface area contributed by atoms with Crippen LogP contribution in [0, 0.1) is 0 Å². The van der Waals surface area contributed by atoms with Crippen LogP contribution in [-0.4, -0.2) is 18.5 Å². The molecule has 2 aromatic carbocycles. The fourth-order valence-corrected chi connectivity index (χ4v) is 1.97. The molecule has 22 heavy (non-hydrogen) atoms. The monoisotopic (exact) mass is 298 g/mol. The number of carbonyl (C=O) groups excluding carboxylic acids is 1. The smallest absolute Gasteiger partial charge is 0.239 e. The topological polar surface area (TPSA) is 50.4 Å². The van der Waals surface area contributed by atoms with Gasteiger partial charge < -0.3 is 15.4 Å². The van der Waals surface area contributed by atoms with Gasteiger partial charge in [-0.25, -0.2) is 0 Å². The molecule has 0 unspecified atom stereocenters. The molecule has 2 rings (SSSR count). The molecular formula is C18H22N2O2. The third-order valence-electron chi connectivity index (χ3n) is 3.01. The molecule has 4 nitrogen and oxygen atoms in total. The Labute approximate surface area is 131 Å². The number of rotatable bonds is 7. The summed E-state index contributed by atoms with van der Waals surface area (Å²) in [4.78, 5) is 11.6. The van der Waals surface area contributed by atoms with Crippen LogP contribution in [-0.2, 0) is 11.4 Å². The molecule has 0 radical (unpaired) electrons. The van der Waals surface area contributed by atoms with E-state index in [0.717, 1.165) is 17.0 Å². The van der Waals surface area contributed by atoms with Crippen molar-refractivity contribution in [1.82, 2.24) is 5.32 Å². The normalized spacial score (nSPS) is 10.3. The Balaban J connectivity index is 1.79. The van der Waals surface area contributed by atoms with E-state index in [4.69, 9.17) is 4.74 Å². The molecule has 0 bridgehead atoms. The van der Waals surface area contributed by atoms with Gasteiger partial charge in [-0.2, -0.15) is 0 Å². The molecule has 0 spiro atoms. The van der Waals surface area contributed by atoms with Gasteiger partial charge in [-0.3, -0.25) is 4.79 Å². The summed E-state index contributed by atoms with van der Waals surface area (Å²) in [6.45, 7) is 4.69. The third kappa shape index (κ3) is 5.48. The second-order valence-corrected chi connectivity index (χ2v) is 5.37. The average Bonchev–Trinajstić information content (AvgIpc) is 2.52. The molecule has 0 heterocycles. The van der Waals surface area contributed by atoms with E-state index in [2.05, 4.69) is 10.6 Å². The van der Waals surface area contributed by atoms with E-state index in [1.54, 1.807) is 0 Å². The maximum atomic E-state index is 11.6. The van der Waals surface area contributed by atoms with Crippen LogP contribution in [0.1, 0.15) is 19.4 Å². The first kappa shape index (κ1) is 15.9. The van der Waals surface area contributed by atoms with Crippen LogP contribution >= 0.6 is 0 Å². The molecule has 0 atom stereocenters. The Morgan fingerprint density at radius 2 is 1.73 bits per heavy atom. The van der Waals surface area contributed by atoms with Crippen molar-refractivity contribution in [2.75, 3.05) is 11.9 Å². The predicted molar refractivity (Wildman–Crippen MR) is 89.0 cm³/mol. The molecular weight excluding hydrogens is 276 g/mol. The molecule has 0 saturated carbocycles. The molecule has 4 heteroatoms.